The van der Waals surface area contributed by atoms with Crippen LogP contribution in [-0.2, 0) is 9.59 Å². The predicted molar refractivity (Wildman–Crippen MR) is 163 cm³/mol. The minimum atomic E-state index is -1.33. The summed E-state index contributed by atoms with van der Waals surface area (Å²) in [7, 11) is 0. The van der Waals surface area contributed by atoms with E-state index in [0.717, 1.165) is 5.69 Å². The van der Waals surface area contributed by atoms with Gasteiger partial charge >= 0.3 is 49.7 Å². The third-order valence-electron chi connectivity index (χ3n) is 6.21. The summed E-state index contributed by atoms with van der Waals surface area (Å²) in [6, 6.07) is 13.9. The molecule has 4 rings (SSSR count). The summed E-state index contributed by atoms with van der Waals surface area (Å²) in [5, 5.41) is 30.3. The first kappa shape index (κ1) is 32.6. The summed E-state index contributed by atoms with van der Waals surface area (Å²) in [5.74, 6) is -2.84. The molecule has 1 amide bonds. The van der Waals surface area contributed by atoms with Crippen LogP contribution in [0.15, 0.2) is 59.4 Å². The first-order valence-electron chi connectivity index (χ1n) is 12.5. The van der Waals surface area contributed by atoms with Crippen molar-refractivity contribution in [2.75, 3.05) is 39.7 Å². The number of amides is 1. The Hall–Kier alpha value is -3.92. The molecule has 0 saturated heterocycles. The monoisotopic (exact) mass is 620 g/mol. The van der Waals surface area contributed by atoms with E-state index in [1.165, 1.54) is 12.1 Å². The number of nitrogen functional groups attached to an aromatic ring is 1. The molecule has 0 radical (unpaired) electrons. The number of aromatic nitrogens is 2. The number of nitrogens with two attached hydrogens (primary N) is 1. The molecule has 16 heteroatoms. The van der Waals surface area contributed by atoms with Crippen LogP contribution in [0.5, 0.6) is 0 Å². The van der Waals surface area contributed by atoms with Crippen LogP contribution in [-0.4, -0.2) is 106 Å². The number of hydrogen-bond acceptors (Lipinski definition) is 9. The van der Waals surface area contributed by atoms with Crippen LogP contribution in [0.3, 0.4) is 0 Å². The number of thiocarbonyl (C=S) groups is 1. The molecule has 3 aromatic rings. The number of nitrogens with one attached hydrogen (secondary N) is 5. The van der Waals surface area contributed by atoms with Crippen LogP contribution in [0.2, 0.25) is 0 Å². The van der Waals surface area contributed by atoms with E-state index in [2.05, 4.69) is 31.2 Å². The smallest absolute Gasteiger partial charge is 0.481 e. The van der Waals surface area contributed by atoms with Gasteiger partial charge in [-0.15, -0.1) is 0 Å². The summed E-state index contributed by atoms with van der Waals surface area (Å²) < 4.78 is 0. The van der Waals surface area contributed by atoms with Gasteiger partial charge in [-0.05, 0) is 55.0 Å². The van der Waals surface area contributed by atoms with Crippen molar-refractivity contribution < 1.29 is 24.6 Å². The molecule has 1 aliphatic heterocycles. The van der Waals surface area contributed by atoms with Crippen molar-refractivity contribution in [3.05, 3.63) is 70.5 Å². The van der Waals surface area contributed by atoms with E-state index in [1.54, 1.807) is 17.0 Å². The second kappa shape index (κ2) is 14.8. The molecule has 2 atom stereocenters. The van der Waals surface area contributed by atoms with Crippen LogP contribution >= 0.6 is 12.2 Å². The number of H-pyrrole nitrogens is 1. The van der Waals surface area contributed by atoms with Crippen molar-refractivity contribution in [2.45, 2.75) is 24.9 Å². The van der Waals surface area contributed by atoms with Gasteiger partial charge in [0.15, 0.2) is 16.6 Å². The largest absolute Gasteiger partial charge is 2.00 e. The van der Waals surface area contributed by atoms with Crippen molar-refractivity contribution in [3.63, 3.8) is 0 Å². The van der Waals surface area contributed by atoms with E-state index in [9.17, 15) is 24.3 Å². The fraction of sp³-hybridized carbons (Fsp3) is 0.231. The zero-order valence-corrected chi connectivity index (χ0v) is 25.3. The zero-order valence-electron chi connectivity index (χ0n) is 22.3. The van der Waals surface area contributed by atoms with E-state index in [-0.39, 0.29) is 72.5 Å². The minimum absolute atomic E-state index is 0. The number of carboxylic acid groups (broad SMARTS) is 2. The van der Waals surface area contributed by atoms with Crippen LogP contribution in [0.25, 0.3) is 0 Å². The SMILES string of the molecule is Nc1nc2c(c(=O)[nH]1)N(C(=S)Nc1ccccc1)C(CNc1ccc(C(=O)NC(CCC(=O)O)C(=O)O)cc1)CN2.[Ca+2]. The number of rotatable bonds is 10. The number of nitrogens with zero attached hydrogens (tertiary/aromatic N) is 2. The number of aromatic amines is 1. The average molecular weight is 621 g/mol. The first-order valence-corrected chi connectivity index (χ1v) is 12.9. The number of carboxylic acids is 2. The zero-order chi connectivity index (χ0) is 29.5. The van der Waals surface area contributed by atoms with E-state index in [4.69, 9.17) is 23.1 Å². The topological polar surface area (TPSA) is 215 Å². The molecule has 0 fully saturated rings. The molecular formula is C26H28CaN8O6S+2. The van der Waals surface area contributed by atoms with Gasteiger partial charge in [-0.3, -0.25) is 19.4 Å². The quantitative estimate of drug-likeness (QED) is 0.118. The molecule has 1 aliphatic rings. The van der Waals surface area contributed by atoms with Crippen molar-refractivity contribution >= 4 is 102 Å². The minimum Gasteiger partial charge on any atom is -0.481 e. The Kier molecular flexibility index (Phi) is 11.5. The number of benzene rings is 2. The van der Waals surface area contributed by atoms with Crippen molar-refractivity contribution in [1.82, 2.24) is 15.3 Å². The number of para-hydroxylation sites is 1. The number of carbonyl (C=O) groups excluding carboxylic acids is 1. The van der Waals surface area contributed by atoms with Gasteiger partial charge in [-0.1, -0.05) is 18.2 Å². The Morgan fingerprint density at radius 2 is 1.79 bits per heavy atom. The summed E-state index contributed by atoms with van der Waals surface area (Å²) in [5.41, 5.74) is 7.09. The Morgan fingerprint density at radius 1 is 1.10 bits per heavy atom. The van der Waals surface area contributed by atoms with Crippen molar-refractivity contribution in [1.29, 1.82) is 0 Å². The summed E-state index contributed by atoms with van der Waals surface area (Å²) in [6.45, 7) is 0.703. The number of hydrogen-bond donors (Lipinski definition) is 8. The van der Waals surface area contributed by atoms with Gasteiger partial charge < -0.3 is 42.1 Å². The van der Waals surface area contributed by atoms with E-state index in [0.29, 0.717) is 24.6 Å². The van der Waals surface area contributed by atoms with Gasteiger partial charge in [-0.2, -0.15) is 4.98 Å². The van der Waals surface area contributed by atoms with Crippen LogP contribution in [0.4, 0.5) is 28.8 Å². The van der Waals surface area contributed by atoms with Gasteiger partial charge in [0.2, 0.25) is 5.95 Å². The molecule has 2 aromatic carbocycles. The van der Waals surface area contributed by atoms with E-state index < -0.39 is 35.9 Å². The Morgan fingerprint density at radius 3 is 2.43 bits per heavy atom. The molecule has 2 heterocycles. The fourth-order valence-corrected chi connectivity index (χ4v) is 4.56. The van der Waals surface area contributed by atoms with Gasteiger partial charge in [0.25, 0.3) is 11.5 Å². The molecule has 0 bridgehead atoms. The van der Waals surface area contributed by atoms with Crippen LogP contribution in [0.1, 0.15) is 23.2 Å². The molecule has 0 spiro atoms. The number of carbonyl (C=O) groups is 3. The molecule has 9 N–H and O–H groups in total. The normalized spacial score (nSPS) is 14.3. The van der Waals surface area contributed by atoms with Crippen molar-refractivity contribution in [3.8, 4) is 0 Å². The maximum atomic E-state index is 12.9. The van der Waals surface area contributed by atoms with Gasteiger partial charge in [-0.25, -0.2) is 4.79 Å². The second-order valence-electron chi connectivity index (χ2n) is 9.10. The third-order valence-corrected chi connectivity index (χ3v) is 6.51. The summed E-state index contributed by atoms with van der Waals surface area (Å²) in [4.78, 5) is 56.0. The standard InChI is InChI=1S/C26H28N8O6S.Ca/c27-25-32-21-20(23(38)33-25)34(26(41)30-16-4-2-1-3-5-16)17(13-29-21)12-28-15-8-6-14(7-9-15)22(37)31-18(24(39)40)10-11-19(35)36;/h1-9,17-18,28H,10-13H2,(H,30,41)(H,31,37)(H,35,36)(H,39,40)(H4,27,29,32,33,38);/q;+2. The maximum Gasteiger partial charge on any atom is 2.00 e. The summed E-state index contributed by atoms with van der Waals surface area (Å²) in [6.07, 6.45) is -0.631. The van der Waals surface area contributed by atoms with E-state index >= 15 is 0 Å². The van der Waals surface area contributed by atoms with Gasteiger partial charge in [0.1, 0.15) is 6.04 Å². The van der Waals surface area contributed by atoms with Gasteiger partial charge in [0.05, 0.1) is 6.04 Å². The third kappa shape index (κ3) is 8.31. The molecule has 1 aromatic heterocycles. The molecule has 14 nitrogen and oxygen atoms in total. The maximum absolute atomic E-state index is 12.9. The van der Waals surface area contributed by atoms with Crippen molar-refractivity contribution in [2.24, 2.45) is 0 Å². The molecule has 0 saturated carbocycles. The van der Waals surface area contributed by atoms with E-state index in [1.807, 2.05) is 30.3 Å². The number of anilines is 5. The predicted octanol–water partition coefficient (Wildman–Crippen LogP) is 1.13. The summed E-state index contributed by atoms with van der Waals surface area (Å²) >= 11 is 5.69. The average Bonchev–Trinajstić information content (AvgIpc) is 2.94. The molecular weight excluding hydrogens is 592 g/mol. The van der Waals surface area contributed by atoms with Gasteiger partial charge in [0, 0.05) is 36.4 Å². The Bertz CT molecular complexity index is 1500. The Labute approximate surface area is 275 Å². The molecule has 2 unspecified atom stereocenters. The second-order valence-corrected chi connectivity index (χ2v) is 9.49. The molecule has 42 heavy (non-hydrogen) atoms. The number of fused-ring (bicyclic) bond motifs is 1. The molecule has 0 aliphatic carbocycles. The number of aliphatic carboxylic acids is 2. The van der Waals surface area contributed by atoms with Crippen LogP contribution < -0.4 is 37.5 Å². The fourth-order valence-electron chi connectivity index (χ4n) is 4.20. The first-order chi connectivity index (χ1) is 19.6. The molecule has 214 valence electrons. The Balaban J connectivity index is 0.00000484. The van der Waals surface area contributed by atoms with Crippen LogP contribution in [0, 0.1) is 0 Å².